The van der Waals surface area contributed by atoms with Gasteiger partial charge in [0, 0.05) is 34.3 Å². The SMILES string of the molecule is COP(=O)(O)N=C1N(C)CCCCN1C. The van der Waals surface area contributed by atoms with Gasteiger partial charge in [0.25, 0.3) is 0 Å². The summed E-state index contributed by atoms with van der Waals surface area (Å²) in [6.45, 7) is 1.68. The highest BCUT2D eigenvalue weighted by Gasteiger charge is 2.22. The molecule has 7 heteroatoms. The number of hydrogen-bond acceptors (Lipinski definition) is 2. The van der Waals surface area contributed by atoms with Crippen molar-refractivity contribution in [1.29, 1.82) is 0 Å². The summed E-state index contributed by atoms with van der Waals surface area (Å²) in [7, 11) is 1.07. The molecule has 0 amide bonds. The highest BCUT2D eigenvalue weighted by molar-refractivity contribution is 7.51. The van der Waals surface area contributed by atoms with E-state index in [9.17, 15) is 9.46 Å². The van der Waals surface area contributed by atoms with Gasteiger partial charge in [-0.05, 0) is 12.8 Å². The lowest BCUT2D eigenvalue weighted by atomic mass is 10.3. The van der Waals surface area contributed by atoms with Crippen molar-refractivity contribution in [2.75, 3.05) is 34.3 Å². The van der Waals surface area contributed by atoms with Crippen LogP contribution in [0, 0.1) is 0 Å². The summed E-state index contributed by atoms with van der Waals surface area (Å²) < 4.78 is 19.6. The van der Waals surface area contributed by atoms with Crippen LogP contribution in [0.1, 0.15) is 12.8 Å². The van der Waals surface area contributed by atoms with Crippen molar-refractivity contribution in [3.8, 4) is 0 Å². The van der Waals surface area contributed by atoms with Crippen LogP contribution in [0.4, 0.5) is 0 Å². The van der Waals surface area contributed by atoms with E-state index in [1.165, 1.54) is 7.11 Å². The van der Waals surface area contributed by atoms with E-state index in [1.807, 2.05) is 23.9 Å². The Balaban J connectivity index is 2.92. The maximum atomic E-state index is 11.3. The third kappa shape index (κ3) is 3.48. The van der Waals surface area contributed by atoms with E-state index in [1.54, 1.807) is 0 Å². The monoisotopic (exact) mass is 235 g/mol. The van der Waals surface area contributed by atoms with E-state index in [4.69, 9.17) is 0 Å². The van der Waals surface area contributed by atoms with Crippen LogP contribution in [0.2, 0.25) is 0 Å². The van der Waals surface area contributed by atoms with Crippen LogP contribution >= 0.6 is 7.75 Å². The van der Waals surface area contributed by atoms with Gasteiger partial charge >= 0.3 is 7.75 Å². The summed E-state index contributed by atoms with van der Waals surface area (Å²) in [5.74, 6) is 0.514. The number of guanidine groups is 1. The van der Waals surface area contributed by atoms with Crippen LogP contribution in [0.15, 0.2) is 4.76 Å². The van der Waals surface area contributed by atoms with Crippen LogP contribution in [-0.2, 0) is 9.09 Å². The van der Waals surface area contributed by atoms with E-state index >= 15 is 0 Å². The van der Waals surface area contributed by atoms with Crippen molar-refractivity contribution >= 4 is 13.7 Å². The normalized spacial score (nSPS) is 22.3. The minimum atomic E-state index is -3.83. The van der Waals surface area contributed by atoms with Gasteiger partial charge in [-0.15, -0.1) is 4.76 Å². The third-order valence-electron chi connectivity index (χ3n) is 2.37. The second kappa shape index (κ2) is 4.96. The van der Waals surface area contributed by atoms with Crippen molar-refractivity contribution in [2.45, 2.75) is 12.8 Å². The van der Waals surface area contributed by atoms with Gasteiger partial charge in [-0.25, -0.2) is 4.57 Å². The Morgan fingerprint density at radius 1 is 1.33 bits per heavy atom. The fraction of sp³-hybridized carbons (Fsp3) is 0.875. The summed E-state index contributed by atoms with van der Waals surface area (Å²) >= 11 is 0. The molecule has 0 aromatic carbocycles. The highest BCUT2D eigenvalue weighted by Crippen LogP contribution is 2.43. The molecule has 0 saturated carbocycles. The molecule has 1 atom stereocenters. The quantitative estimate of drug-likeness (QED) is 0.715. The summed E-state index contributed by atoms with van der Waals surface area (Å²) in [5.41, 5.74) is 0. The molecule has 15 heavy (non-hydrogen) atoms. The molecule has 1 unspecified atom stereocenters. The predicted molar refractivity (Wildman–Crippen MR) is 58.8 cm³/mol. The van der Waals surface area contributed by atoms with Crippen LogP contribution in [-0.4, -0.2) is 54.9 Å². The zero-order valence-corrected chi connectivity index (χ0v) is 10.3. The average Bonchev–Trinajstić information content (AvgIpc) is 2.33. The zero-order chi connectivity index (χ0) is 11.5. The van der Waals surface area contributed by atoms with E-state index < -0.39 is 7.75 Å². The smallest absolute Gasteiger partial charge is 0.345 e. The second-order valence-corrected chi connectivity index (χ2v) is 5.17. The maximum absolute atomic E-state index is 11.3. The molecular weight excluding hydrogens is 217 g/mol. The van der Waals surface area contributed by atoms with Gasteiger partial charge < -0.3 is 14.7 Å². The summed E-state index contributed by atoms with van der Waals surface area (Å²) in [5, 5.41) is 0. The molecule has 0 aliphatic carbocycles. The topological polar surface area (TPSA) is 65.4 Å². The third-order valence-corrected chi connectivity index (χ3v) is 3.28. The summed E-state index contributed by atoms with van der Waals surface area (Å²) in [6, 6.07) is 0. The Kier molecular flexibility index (Phi) is 4.13. The minimum Gasteiger partial charge on any atom is -0.345 e. The standard InChI is InChI=1S/C8H18N3O3P/c1-10-6-4-5-7-11(2)8(10)9-15(12,13)14-3/h4-7H2,1-3H3,(H,12,13). The van der Waals surface area contributed by atoms with Crippen molar-refractivity contribution in [2.24, 2.45) is 4.76 Å². The van der Waals surface area contributed by atoms with Crippen molar-refractivity contribution in [1.82, 2.24) is 9.80 Å². The van der Waals surface area contributed by atoms with Gasteiger partial charge in [0.15, 0.2) is 0 Å². The first-order valence-electron chi connectivity index (χ1n) is 4.87. The second-order valence-electron chi connectivity index (χ2n) is 3.62. The molecule has 0 aromatic rings. The van der Waals surface area contributed by atoms with Gasteiger partial charge in [0.05, 0.1) is 0 Å². The number of hydrogen-bond donors (Lipinski definition) is 1. The first-order chi connectivity index (χ1) is 6.96. The average molecular weight is 235 g/mol. The number of nitrogens with zero attached hydrogens (tertiary/aromatic N) is 3. The Morgan fingerprint density at radius 3 is 2.20 bits per heavy atom. The zero-order valence-electron chi connectivity index (χ0n) is 9.38. The van der Waals surface area contributed by atoms with Crippen LogP contribution in [0.25, 0.3) is 0 Å². The van der Waals surface area contributed by atoms with E-state index in [0.29, 0.717) is 5.96 Å². The Labute approximate surface area is 90.1 Å². The van der Waals surface area contributed by atoms with Gasteiger partial charge in [0.1, 0.15) is 0 Å². The Morgan fingerprint density at radius 2 is 1.80 bits per heavy atom. The molecule has 1 fully saturated rings. The first kappa shape index (κ1) is 12.5. The van der Waals surface area contributed by atoms with Gasteiger partial charge in [-0.1, -0.05) is 0 Å². The molecular formula is C8H18N3O3P. The summed E-state index contributed by atoms with van der Waals surface area (Å²) in [6.07, 6.45) is 2.12. The molecule has 1 aliphatic heterocycles. The molecule has 1 aliphatic rings. The van der Waals surface area contributed by atoms with Gasteiger partial charge in [0.2, 0.25) is 5.96 Å². The molecule has 1 heterocycles. The van der Waals surface area contributed by atoms with Gasteiger partial charge in [-0.3, -0.25) is 4.52 Å². The van der Waals surface area contributed by atoms with Gasteiger partial charge in [-0.2, -0.15) is 0 Å². The van der Waals surface area contributed by atoms with E-state index in [0.717, 1.165) is 25.9 Å². The Hall–Kier alpha value is -0.580. The maximum Gasteiger partial charge on any atom is 0.454 e. The highest BCUT2D eigenvalue weighted by atomic mass is 31.2. The molecule has 1 rings (SSSR count). The lowest BCUT2D eigenvalue weighted by molar-refractivity contribution is 0.314. The van der Waals surface area contributed by atoms with Crippen molar-refractivity contribution < 1.29 is 14.0 Å². The fourth-order valence-electron chi connectivity index (χ4n) is 1.50. The summed E-state index contributed by atoms with van der Waals surface area (Å²) in [4.78, 5) is 13.0. The van der Waals surface area contributed by atoms with Crippen molar-refractivity contribution in [3.63, 3.8) is 0 Å². The molecule has 1 saturated heterocycles. The fourth-order valence-corrected chi connectivity index (χ4v) is 2.11. The molecule has 6 nitrogen and oxygen atoms in total. The van der Waals surface area contributed by atoms with Crippen LogP contribution in [0.3, 0.4) is 0 Å². The Bertz CT molecular complexity index is 281. The van der Waals surface area contributed by atoms with E-state index in [-0.39, 0.29) is 0 Å². The molecule has 1 N–H and O–H groups in total. The van der Waals surface area contributed by atoms with Crippen LogP contribution in [0.5, 0.6) is 0 Å². The first-order valence-corrected chi connectivity index (χ1v) is 6.40. The predicted octanol–water partition coefficient (Wildman–Crippen LogP) is 0.747. The lowest BCUT2D eigenvalue weighted by Crippen LogP contribution is -2.38. The molecule has 0 bridgehead atoms. The lowest BCUT2D eigenvalue weighted by Gasteiger charge is -2.25. The molecule has 88 valence electrons. The molecule has 0 radical (unpaired) electrons. The largest absolute Gasteiger partial charge is 0.454 e. The molecule has 0 spiro atoms. The minimum absolute atomic E-state index is 0.514. The van der Waals surface area contributed by atoms with Crippen LogP contribution < -0.4 is 0 Å². The molecule has 0 aromatic heterocycles. The number of rotatable bonds is 2. The van der Waals surface area contributed by atoms with Crippen molar-refractivity contribution in [3.05, 3.63) is 0 Å². The van der Waals surface area contributed by atoms with E-state index in [2.05, 4.69) is 9.29 Å².